The summed E-state index contributed by atoms with van der Waals surface area (Å²) in [6, 6.07) is 13.3. The summed E-state index contributed by atoms with van der Waals surface area (Å²) in [5.74, 6) is 1.50. The molecule has 1 aliphatic rings. The number of ether oxygens (including phenoxy) is 2. The molecule has 0 aliphatic carbocycles. The maximum absolute atomic E-state index is 12.9. The minimum absolute atomic E-state index is 0.0179. The number of methoxy groups -OCH3 is 2. The highest BCUT2D eigenvalue weighted by molar-refractivity contribution is 5.97. The predicted octanol–water partition coefficient (Wildman–Crippen LogP) is 2.58. The lowest BCUT2D eigenvalue weighted by atomic mass is 10.00. The zero-order chi connectivity index (χ0) is 18.7. The van der Waals surface area contributed by atoms with E-state index in [1.54, 1.807) is 26.2 Å². The van der Waals surface area contributed by atoms with E-state index in [4.69, 9.17) is 9.47 Å². The van der Waals surface area contributed by atoms with Crippen molar-refractivity contribution < 1.29 is 14.3 Å². The average Bonchev–Trinajstić information content (AvgIpc) is 3.16. The molecule has 1 fully saturated rings. The maximum atomic E-state index is 12.9. The van der Waals surface area contributed by atoms with Gasteiger partial charge in [-0.2, -0.15) is 0 Å². The zero-order valence-electron chi connectivity index (χ0n) is 15.6. The quantitative estimate of drug-likeness (QED) is 0.863. The molecule has 0 bridgehead atoms. The van der Waals surface area contributed by atoms with Gasteiger partial charge in [-0.15, -0.1) is 0 Å². The van der Waals surface area contributed by atoms with E-state index in [-0.39, 0.29) is 18.0 Å². The number of nitrogens with one attached hydrogen (secondary N) is 2. The van der Waals surface area contributed by atoms with Crippen molar-refractivity contribution in [3.63, 3.8) is 0 Å². The Bertz CT molecular complexity index is 794. The van der Waals surface area contributed by atoms with Gasteiger partial charge < -0.3 is 14.4 Å². The number of likely N-dealkylation sites (N-methyl/N-ethyl adjacent to an activating group) is 1. The fourth-order valence-corrected chi connectivity index (χ4v) is 3.23. The molecular formula is C20H25N3O3. The van der Waals surface area contributed by atoms with Crippen LogP contribution in [0.3, 0.4) is 0 Å². The van der Waals surface area contributed by atoms with Gasteiger partial charge in [-0.25, -0.2) is 10.9 Å². The second-order valence-electron chi connectivity index (χ2n) is 6.47. The van der Waals surface area contributed by atoms with Gasteiger partial charge in [0.05, 0.1) is 20.3 Å². The Labute approximate surface area is 154 Å². The van der Waals surface area contributed by atoms with Crippen LogP contribution in [0.4, 0.5) is 5.69 Å². The molecule has 1 saturated heterocycles. The van der Waals surface area contributed by atoms with Gasteiger partial charge in [-0.1, -0.05) is 18.2 Å². The first-order valence-electron chi connectivity index (χ1n) is 8.60. The third kappa shape index (κ3) is 3.66. The van der Waals surface area contributed by atoms with Crippen molar-refractivity contribution in [2.24, 2.45) is 0 Å². The van der Waals surface area contributed by atoms with E-state index in [2.05, 4.69) is 10.9 Å². The summed E-state index contributed by atoms with van der Waals surface area (Å²) in [6.45, 7) is 2.02. The minimum Gasteiger partial charge on any atom is -0.497 e. The summed E-state index contributed by atoms with van der Waals surface area (Å²) in [4.78, 5) is 14.6. The van der Waals surface area contributed by atoms with E-state index in [1.807, 2.05) is 49.4 Å². The lowest BCUT2D eigenvalue weighted by molar-refractivity contribution is -0.120. The molecule has 3 rings (SSSR count). The van der Waals surface area contributed by atoms with Crippen LogP contribution >= 0.6 is 0 Å². The molecule has 26 heavy (non-hydrogen) atoms. The van der Waals surface area contributed by atoms with Crippen LogP contribution in [0.15, 0.2) is 42.5 Å². The maximum Gasteiger partial charge on any atom is 0.245 e. The number of hydrogen-bond acceptors (Lipinski definition) is 5. The lowest BCUT2D eigenvalue weighted by Crippen LogP contribution is -2.44. The Hall–Kier alpha value is -2.57. The first kappa shape index (κ1) is 18.2. The Morgan fingerprint density at radius 1 is 1.12 bits per heavy atom. The predicted molar refractivity (Wildman–Crippen MR) is 102 cm³/mol. The SMILES string of the molecule is COc1ccc(C2CC(C(=O)N(C)c3cccc(C)c3)NN2)c(OC)c1. The summed E-state index contributed by atoms with van der Waals surface area (Å²) < 4.78 is 10.7. The third-order valence-corrected chi connectivity index (χ3v) is 4.74. The fourth-order valence-electron chi connectivity index (χ4n) is 3.23. The Kier molecular flexibility index (Phi) is 5.44. The Morgan fingerprint density at radius 3 is 2.62 bits per heavy atom. The van der Waals surface area contributed by atoms with E-state index in [9.17, 15) is 4.79 Å². The van der Waals surface area contributed by atoms with Crippen molar-refractivity contribution in [3.8, 4) is 11.5 Å². The van der Waals surface area contributed by atoms with Crippen LogP contribution in [0.2, 0.25) is 0 Å². The van der Waals surface area contributed by atoms with Crippen molar-refractivity contribution in [1.82, 2.24) is 10.9 Å². The second-order valence-corrected chi connectivity index (χ2v) is 6.47. The third-order valence-electron chi connectivity index (χ3n) is 4.74. The van der Waals surface area contributed by atoms with E-state index in [0.29, 0.717) is 6.42 Å². The van der Waals surface area contributed by atoms with Crippen molar-refractivity contribution in [2.45, 2.75) is 25.4 Å². The van der Waals surface area contributed by atoms with Crippen LogP contribution < -0.4 is 25.2 Å². The van der Waals surface area contributed by atoms with Crippen LogP contribution in [-0.2, 0) is 4.79 Å². The standard InChI is InChI=1S/C20H25N3O3/c1-13-6-5-7-14(10-13)23(2)20(24)18-12-17(21-22-18)16-9-8-15(25-3)11-19(16)26-4/h5-11,17-18,21-22H,12H2,1-4H3. The van der Waals surface area contributed by atoms with E-state index in [1.165, 1.54) is 0 Å². The lowest BCUT2D eigenvalue weighted by Gasteiger charge is -2.21. The molecular weight excluding hydrogens is 330 g/mol. The number of nitrogens with zero attached hydrogens (tertiary/aromatic N) is 1. The molecule has 2 unspecified atom stereocenters. The largest absolute Gasteiger partial charge is 0.497 e. The highest BCUT2D eigenvalue weighted by Crippen LogP contribution is 2.33. The molecule has 2 N–H and O–H groups in total. The number of hydrazine groups is 1. The van der Waals surface area contributed by atoms with E-state index in [0.717, 1.165) is 28.3 Å². The van der Waals surface area contributed by atoms with Crippen molar-refractivity contribution in [3.05, 3.63) is 53.6 Å². The van der Waals surface area contributed by atoms with Gasteiger partial charge in [0.2, 0.25) is 5.91 Å². The summed E-state index contributed by atoms with van der Waals surface area (Å²) in [7, 11) is 5.06. The van der Waals surface area contributed by atoms with E-state index < -0.39 is 0 Å². The number of amides is 1. The molecule has 2 aromatic carbocycles. The minimum atomic E-state index is -0.308. The zero-order valence-corrected chi connectivity index (χ0v) is 15.6. The van der Waals surface area contributed by atoms with Crippen LogP contribution in [0.5, 0.6) is 11.5 Å². The molecule has 0 aromatic heterocycles. The van der Waals surface area contributed by atoms with Gasteiger partial charge in [0, 0.05) is 24.4 Å². The van der Waals surface area contributed by atoms with Gasteiger partial charge in [-0.3, -0.25) is 4.79 Å². The van der Waals surface area contributed by atoms with Crippen LogP contribution in [0.1, 0.15) is 23.6 Å². The molecule has 1 amide bonds. The number of carbonyl (C=O) groups is 1. The highest BCUT2D eigenvalue weighted by Gasteiger charge is 2.33. The highest BCUT2D eigenvalue weighted by atomic mass is 16.5. The van der Waals surface area contributed by atoms with Crippen LogP contribution in [0.25, 0.3) is 0 Å². The molecule has 138 valence electrons. The van der Waals surface area contributed by atoms with Gasteiger partial charge in [0.15, 0.2) is 0 Å². The Balaban J connectivity index is 1.73. The summed E-state index contributed by atoms with van der Waals surface area (Å²) in [5, 5.41) is 0. The van der Waals surface area contributed by atoms with Crippen molar-refractivity contribution >= 4 is 11.6 Å². The molecule has 0 radical (unpaired) electrons. The first-order valence-corrected chi connectivity index (χ1v) is 8.60. The number of benzene rings is 2. The fraction of sp³-hybridized carbons (Fsp3) is 0.350. The van der Waals surface area contributed by atoms with Gasteiger partial charge in [0.1, 0.15) is 17.5 Å². The summed E-state index contributed by atoms with van der Waals surface area (Å²) in [5.41, 5.74) is 9.35. The second kappa shape index (κ2) is 7.76. The van der Waals surface area contributed by atoms with Gasteiger partial charge in [-0.05, 0) is 37.1 Å². The molecule has 0 saturated carbocycles. The number of rotatable bonds is 5. The first-order chi connectivity index (χ1) is 12.5. The molecule has 2 atom stereocenters. The summed E-state index contributed by atoms with van der Waals surface area (Å²) >= 11 is 0. The number of hydrogen-bond donors (Lipinski definition) is 2. The van der Waals surface area contributed by atoms with Crippen LogP contribution in [-0.4, -0.2) is 33.2 Å². The monoisotopic (exact) mass is 355 g/mol. The number of carbonyl (C=O) groups excluding carboxylic acids is 1. The number of anilines is 1. The van der Waals surface area contributed by atoms with Gasteiger partial charge in [0.25, 0.3) is 0 Å². The molecule has 6 heteroatoms. The van der Waals surface area contributed by atoms with Crippen molar-refractivity contribution in [2.75, 3.05) is 26.2 Å². The molecule has 0 spiro atoms. The van der Waals surface area contributed by atoms with E-state index >= 15 is 0 Å². The topological polar surface area (TPSA) is 62.8 Å². The molecule has 6 nitrogen and oxygen atoms in total. The molecule has 2 aromatic rings. The van der Waals surface area contributed by atoms with Gasteiger partial charge >= 0.3 is 0 Å². The van der Waals surface area contributed by atoms with Crippen LogP contribution in [0, 0.1) is 6.92 Å². The van der Waals surface area contributed by atoms with Crippen molar-refractivity contribution in [1.29, 1.82) is 0 Å². The summed E-state index contributed by atoms with van der Waals surface area (Å²) in [6.07, 6.45) is 0.637. The smallest absolute Gasteiger partial charge is 0.245 e. The molecule has 1 aliphatic heterocycles. The average molecular weight is 355 g/mol. The molecule has 1 heterocycles. The number of aryl methyl sites for hydroxylation is 1. The Morgan fingerprint density at radius 2 is 1.92 bits per heavy atom. The normalized spacial score (nSPS) is 19.2.